The maximum Gasteiger partial charge on any atom is 0.127 e. The van der Waals surface area contributed by atoms with Gasteiger partial charge in [-0.15, -0.1) is 0 Å². The van der Waals surface area contributed by atoms with Gasteiger partial charge in [0.2, 0.25) is 0 Å². The van der Waals surface area contributed by atoms with Crippen LogP contribution in [-0.2, 0) is 4.79 Å². The van der Waals surface area contributed by atoms with Crippen molar-refractivity contribution in [1.29, 1.82) is 0 Å². The fourth-order valence-corrected chi connectivity index (χ4v) is 6.21. The van der Waals surface area contributed by atoms with Gasteiger partial charge in [-0.1, -0.05) is 6.92 Å². The number of hydrogen-bond acceptors (Lipinski definition) is 2. The van der Waals surface area contributed by atoms with Gasteiger partial charge in [0.1, 0.15) is 6.29 Å². The highest BCUT2D eigenvalue weighted by Gasteiger charge is 2.58. The molecule has 2 heteroatoms. The maximum absolute atomic E-state index is 11.9. The van der Waals surface area contributed by atoms with E-state index in [1.54, 1.807) is 0 Å². The predicted molar refractivity (Wildman–Crippen MR) is 75.8 cm³/mol. The van der Waals surface area contributed by atoms with Crippen LogP contribution in [0.4, 0.5) is 0 Å². The van der Waals surface area contributed by atoms with Crippen LogP contribution in [0, 0.1) is 29.1 Å². The van der Waals surface area contributed by atoms with Crippen molar-refractivity contribution in [3.8, 4) is 0 Å². The van der Waals surface area contributed by atoms with Crippen LogP contribution >= 0.6 is 0 Å². The van der Waals surface area contributed by atoms with Crippen LogP contribution in [0.2, 0.25) is 0 Å². The number of rotatable bonds is 2. The summed E-state index contributed by atoms with van der Waals surface area (Å²) in [6.45, 7) is 4.87. The monoisotopic (exact) mass is 261 g/mol. The van der Waals surface area contributed by atoms with Crippen molar-refractivity contribution in [3.05, 3.63) is 0 Å². The van der Waals surface area contributed by atoms with Gasteiger partial charge in [-0.3, -0.25) is 4.90 Å². The lowest BCUT2D eigenvalue weighted by molar-refractivity contribution is -0.152. The maximum atomic E-state index is 11.9. The van der Waals surface area contributed by atoms with Crippen LogP contribution in [0.5, 0.6) is 0 Å². The molecule has 5 rings (SSSR count). The van der Waals surface area contributed by atoms with Crippen LogP contribution in [-0.4, -0.2) is 30.3 Å². The van der Waals surface area contributed by atoms with E-state index >= 15 is 0 Å². The third-order valence-electron chi connectivity index (χ3n) is 6.76. The van der Waals surface area contributed by atoms with Gasteiger partial charge >= 0.3 is 0 Å². The number of aldehydes is 1. The number of nitrogens with zero attached hydrogens (tertiary/aromatic N) is 1. The van der Waals surface area contributed by atoms with Crippen molar-refractivity contribution < 1.29 is 4.79 Å². The third-order valence-corrected chi connectivity index (χ3v) is 6.76. The Morgan fingerprint density at radius 3 is 2.26 bits per heavy atom. The van der Waals surface area contributed by atoms with Crippen molar-refractivity contribution in [2.75, 3.05) is 13.1 Å². The average Bonchev–Trinajstić information content (AvgIpc) is 2.39. The topological polar surface area (TPSA) is 20.3 Å². The summed E-state index contributed by atoms with van der Waals surface area (Å²) >= 11 is 0. The normalized spacial score (nSPS) is 50.6. The van der Waals surface area contributed by atoms with E-state index in [1.165, 1.54) is 64.3 Å². The van der Waals surface area contributed by atoms with Gasteiger partial charge in [-0.05, 0) is 81.7 Å². The highest BCUT2D eigenvalue weighted by atomic mass is 16.1. The summed E-state index contributed by atoms with van der Waals surface area (Å²) in [5.41, 5.74) is 0.0509. The minimum atomic E-state index is 0.0509. The predicted octanol–water partition coefficient (Wildman–Crippen LogP) is 3.11. The van der Waals surface area contributed by atoms with Gasteiger partial charge in [0.25, 0.3) is 0 Å². The number of likely N-dealkylation sites (tertiary alicyclic amines) is 1. The molecule has 2 nitrogen and oxygen atoms in total. The molecule has 1 saturated heterocycles. The van der Waals surface area contributed by atoms with Gasteiger partial charge in [0.15, 0.2) is 0 Å². The van der Waals surface area contributed by atoms with Crippen LogP contribution in [0.25, 0.3) is 0 Å². The van der Waals surface area contributed by atoms with E-state index in [4.69, 9.17) is 0 Å². The molecule has 0 N–H and O–H groups in total. The van der Waals surface area contributed by atoms with Crippen LogP contribution in [0.1, 0.15) is 51.9 Å². The Bertz CT molecular complexity index is 357. The van der Waals surface area contributed by atoms with Crippen molar-refractivity contribution in [3.63, 3.8) is 0 Å². The molecule has 0 radical (unpaired) electrons. The lowest BCUT2D eigenvalue weighted by Crippen LogP contribution is -2.63. The smallest absolute Gasteiger partial charge is 0.127 e. The second-order valence-electron chi connectivity index (χ2n) is 8.12. The zero-order valence-electron chi connectivity index (χ0n) is 12.2. The first kappa shape index (κ1) is 12.4. The summed E-state index contributed by atoms with van der Waals surface area (Å²) < 4.78 is 0. The summed E-state index contributed by atoms with van der Waals surface area (Å²) in [6, 6.07) is 0.602. The highest BCUT2D eigenvalue weighted by molar-refractivity contribution is 5.62. The molecule has 19 heavy (non-hydrogen) atoms. The van der Waals surface area contributed by atoms with E-state index in [1.807, 2.05) is 0 Å². The van der Waals surface area contributed by atoms with Gasteiger partial charge in [-0.2, -0.15) is 0 Å². The molecule has 4 aliphatic carbocycles. The van der Waals surface area contributed by atoms with Gasteiger partial charge in [0.05, 0.1) is 0 Å². The fraction of sp³-hybridized carbons (Fsp3) is 0.941. The summed E-state index contributed by atoms with van der Waals surface area (Å²) in [5.74, 6) is 3.48. The molecule has 5 fully saturated rings. The van der Waals surface area contributed by atoms with Crippen molar-refractivity contribution in [2.24, 2.45) is 29.1 Å². The molecule has 106 valence electrons. The van der Waals surface area contributed by atoms with E-state index in [2.05, 4.69) is 11.8 Å². The average molecular weight is 261 g/mol. The number of piperidine rings is 1. The van der Waals surface area contributed by atoms with E-state index < -0.39 is 0 Å². The Morgan fingerprint density at radius 1 is 1.05 bits per heavy atom. The van der Waals surface area contributed by atoms with Gasteiger partial charge in [0, 0.05) is 11.5 Å². The molecule has 0 amide bonds. The molecule has 4 saturated carbocycles. The van der Waals surface area contributed by atoms with Crippen molar-refractivity contribution in [1.82, 2.24) is 4.90 Å². The van der Waals surface area contributed by atoms with Crippen LogP contribution in [0.15, 0.2) is 0 Å². The molecule has 0 aromatic carbocycles. The van der Waals surface area contributed by atoms with E-state index in [0.29, 0.717) is 6.04 Å². The lowest BCUT2D eigenvalue weighted by Gasteiger charge is -2.62. The molecule has 5 aliphatic rings. The van der Waals surface area contributed by atoms with E-state index in [-0.39, 0.29) is 5.41 Å². The Morgan fingerprint density at radius 2 is 1.68 bits per heavy atom. The van der Waals surface area contributed by atoms with Crippen molar-refractivity contribution >= 4 is 6.29 Å². The SMILES string of the molecule is CC1CCN(C2C3CC4CC(C3)CC2(C=O)C4)CC1. The van der Waals surface area contributed by atoms with Gasteiger partial charge < -0.3 is 4.79 Å². The molecule has 0 aromatic heterocycles. The molecule has 3 unspecified atom stereocenters. The fourth-order valence-electron chi connectivity index (χ4n) is 6.21. The molecule has 0 aromatic rings. The molecular formula is C17H27NO. The Hall–Kier alpha value is -0.370. The van der Waals surface area contributed by atoms with Crippen LogP contribution < -0.4 is 0 Å². The van der Waals surface area contributed by atoms with E-state index in [9.17, 15) is 4.79 Å². The first-order valence-corrected chi connectivity index (χ1v) is 8.40. The molecule has 4 bridgehead atoms. The number of carbonyl (C=O) groups excluding carboxylic acids is 1. The Balaban J connectivity index is 1.61. The quantitative estimate of drug-likeness (QED) is 0.712. The Kier molecular flexibility index (Phi) is 2.81. The van der Waals surface area contributed by atoms with Crippen molar-refractivity contribution in [2.45, 2.75) is 57.9 Å². The number of hydrogen-bond donors (Lipinski definition) is 0. The number of carbonyl (C=O) groups is 1. The zero-order chi connectivity index (χ0) is 13.0. The minimum Gasteiger partial charge on any atom is -0.303 e. The summed E-state index contributed by atoms with van der Waals surface area (Å²) in [5, 5.41) is 0. The summed E-state index contributed by atoms with van der Waals surface area (Å²) in [7, 11) is 0. The highest BCUT2D eigenvalue weighted by Crippen LogP contribution is 2.60. The largest absolute Gasteiger partial charge is 0.303 e. The zero-order valence-corrected chi connectivity index (χ0v) is 12.2. The second kappa shape index (κ2) is 4.31. The molecule has 0 spiro atoms. The molecular weight excluding hydrogens is 234 g/mol. The molecule has 3 atom stereocenters. The second-order valence-corrected chi connectivity index (χ2v) is 8.12. The van der Waals surface area contributed by atoms with E-state index in [0.717, 1.165) is 23.7 Å². The van der Waals surface area contributed by atoms with Gasteiger partial charge in [-0.25, -0.2) is 0 Å². The summed E-state index contributed by atoms with van der Waals surface area (Å²) in [6.07, 6.45) is 10.7. The lowest BCUT2D eigenvalue weighted by atomic mass is 9.47. The molecule has 1 heterocycles. The summed E-state index contributed by atoms with van der Waals surface area (Å²) in [4.78, 5) is 14.7. The minimum absolute atomic E-state index is 0.0509. The first-order chi connectivity index (χ1) is 9.20. The third kappa shape index (κ3) is 1.82. The molecule has 1 aliphatic heterocycles. The first-order valence-electron chi connectivity index (χ1n) is 8.40. The standard InChI is InChI=1S/C17H27NO/c1-12-2-4-18(5-3-12)16-15-7-13-6-14(8-15)10-17(16,9-13)11-19/h11-16H,2-10H2,1H3. The van der Waals surface area contributed by atoms with Crippen LogP contribution in [0.3, 0.4) is 0 Å². The Labute approximate surface area is 116 Å².